The van der Waals surface area contributed by atoms with Gasteiger partial charge in [0.1, 0.15) is 0 Å². The maximum absolute atomic E-state index is 11.3. The lowest BCUT2D eigenvalue weighted by Crippen LogP contribution is -2.27. The van der Waals surface area contributed by atoms with Crippen molar-refractivity contribution in [1.29, 1.82) is 0 Å². The molecule has 0 aromatic heterocycles. The van der Waals surface area contributed by atoms with Crippen LogP contribution >= 0.6 is 0 Å². The highest BCUT2D eigenvalue weighted by molar-refractivity contribution is 5.77. The van der Waals surface area contributed by atoms with Gasteiger partial charge in [0, 0.05) is 13.0 Å². The Hall–Kier alpha value is -0.530. The molecule has 0 spiro atoms. The molecule has 0 radical (unpaired) electrons. The number of rotatable bonds is 3. The van der Waals surface area contributed by atoms with Crippen LogP contribution in [0.25, 0.3) is 0 Å². The summed E-state index contributed by atoms with van der Waals surface area (Å²) in [6.45, 7) is 4.37. The molecule has 1 aliphatic carbocycles. The average molecular weight is 197 g/mol. The van der Waals surface area contributed by atoms with Crippen LogP contribution in [0.1, 0.15) is 46.0 Å². The molecule has 1 N–H and O–H groups in total. The van der Waals surface area contributed by atoms with E-state index in [1.165, 1.54) is 25.7 Å². The average Bonchev–Trinajstić information content (AvgIpc) is 2.20. The summed E-state index contributed by atoms with van der Waals surface area (Å²) in [5.74, 6) is 2.09. The first-order valence-corrected chi connectivity index (χ1v) is 5.85. The molecule has 0 aromatic rings. The van der Waals surface area contributed by atoms with Crippen LogP contribution in [0.3, 0.4) is 0 Å². The Morgan fingerprint density at radius 2 is 1.93 bits per heavy atom. The smallest absolute Gasteiger partial charge is 0.222 e. The van der Waals surface area contributed by atoms with E-state index >= 15 is 0 Å². The molecule has 0 heterocycles. The molecule has 0 bridgehead atoms. The van der Waals surface area contributed by atoms with Crippen molar-refractivity contribution in [1.82, 2.24) is 5.32 Å². The summed E-state index contributed by atoms with van der Waals surface area (Å²) >= 11 is 0. The van der Waals surface area contributed by atoms with Crippen molar-refractivity contribution in [2.75, 3.05) is 7.05 Å². The van der Waals surface area contributed by atoms with Crippen molar-refractivity contribution in [3.05, 3.63) is 0 Å². The summed E-state index contributed by atoms with van der Waals surface area (Å²) in [5, 5.41) is 2.72. The predicted molar refractivity (Wildman–Crippen MR) is 59.0 cm³/mol. The number of hydrogen-bond donors (Lipinski definition) is 1. The van der Waals surface area contributed by atoms with E-state index in [4.69, 9.17) is 0 Å². The summed E-state index contributed by atoms with van der Waals surface area (Å²) in [6.07, 6.45) is 6.42. The molecular formula is C12H23NO. The molecule has 1 rings (SSSR count). The molecule has 2 heteroatoms. The normalized spacial score (nSPS) is 29.6. The third-order valence-electron chi connectivity index (χ3n) is 3.52. The van der Waals surface area contributed by atoms with E-state index in [2.05, 4.69) is 12.2 Å². The molecule has 1 fully saturated rings. The topological polar surface area (TPSA) is 29.1 Å². The van der Waals surface area contributed by atoms with Gasteiger partial charge in [0.15, 0.2) is 0 Å². The Kier molecular flexibility index (Phi) is 4.43. The first-order chi connectivity index (χ1) is 6.63. The summed E-state index contributed by atoms with van der Waals surface area (Å²) in [6, 6.07) is 0. The van der Waals surface area contributed by atoms with Crippen molar-refractivity contribution >= 4 is 5.91 Å². The molecular weight excluding hydrogens is 174 g/mol. The second kappa shape index (κ2) is 5.38. The molecule has 1 saturated carbocycles. The summed E-state index contributed by atoms with van der Waals surface area (Å²) in [7, 11) is 1.72. The fraction of sp³-hybridized carbons (Fsp3) is 0.917. The summed E-state index contributed by atoms with van der Waals surface area (Å²) in [4.78, 5) is 11.3. The summed E-state index contributed by atoms with van der Waals surface area (Å²) < 4.78 is 0. The van der Waals surface area contributed by atoms with Gasteiger partial charge >= 0.3 is 0 Å². The minimum atomic E-state index is 0.193. The van der Waals surface area contributed by atoms with Crippen LogP contribution in [0, 0.1) is 17.8 Å². The number of nitrogens with one attached hydrogen (secondary N) is 1. The number of carbonyl (C=O) groups excluding carboxylic acids is 1. The molecule has 0 unspecified atom stereocenters. The molecule has 0 aliphatic heterocycles. The number of hydrogen-bond acceptors (Lipinski definition) is 1. The third kappa shape index (κ3) is 3.32. The van der Waals surface area contributed by atoms with Crippen molar-refractivity contribution in [2.45, 2.75) is 46.0 Å². The fourth-order valence-electron chi connectivity index (χ4n) is 2.42. The maximum Gasteiger partial charge on any atom is 0.222 e. The van der Waals surface area contributed by atoms with E-state index in [9.17, 15) is 4.79 Å². The lowest BCUT2D eigenvalue weighted by Gasteiger charge is -2.27. The van der Waals surface area contributed by atoms with Gasteiger partial charge < -0.3 is 5.32 Å². The van der Waals surface area contributed by atoms with E-state index in [1.807, 2.05) is 6.92 Å². The van der Waals surface area contributed by atoms with Gasteiger partial charge in [0.25, 0.3) is 0 Å². The largest absolute Gasteiger partial charge is 0.359 e. The zero-order chi connectivity index (χ0) is 10.6. The van der Waals surface area contributed by atoms with Crippen LogP contribution in [0.5, 0.6) is 0 Å². The lowest BCUT2D eigenvalue weighted by atomic mass is 9.79. The van der Waals surface area contributed by atoms with Crippen molar-refractivity contribution in [3.8, 4) is 0 Å². The molecule has 82 valence electrons. The molecule has 1 amide bonds. The van der Waals surface area contributed by atoms with Crippen LogP contribution < -0.4 is 5.32 Å². The van der Waals surface area contributed by atoms with Crippen LogP contribution in [-0.2, 0) is 4.79 Å². The molecule has 1 atom stereocenters. The Morgan fingerprint density at radius 3 is 2.43 bits per heavy atom. The maximum atomic E-state index is 11.3. The van der Waals surface area contributed by atoms with Gasteiger partial charge in [-0.15, -0.1) is 0 Å². The summed E-state index contributed by atoms with van der Waals surface area (Å²) in [5.41, 5.74) is 0. The molecule has 2 nitrogen and oxygen atoms in total. The predicted octanol–water partition coefficient (Wildman–Crippen LogP) is 2.58. The Labute approximate surface area is 87.5 Å². The van der Waals surface area contributed by atoms with E-state index < -0.39 is 0 Å². The van der Waals surface area contributed by atoms with Gasteiger partial charge in [0.2, 0.25) is 5.91 Å². The lowest BCUT2D eigenvalue weighted by molar-refractivity contribution is -0.124. The van der Waals surface area contributed by atoms with Crippen LogP contribution in [0.15, 0.2) is 0 Å². The minimum absolute atomic E-state index is 0.193. The first-order valence-electron chi connectivity index (χ1n) is 5.85. The van der Waals surface area contributed by atoms with E-state index in [0.717, 1.165) is 18.3 Å². The van der Waals surface area contributed by atoms with Gasteiger partial charge in [-0.2, -0.15) is 0 Å². The Morgan fingerprint density at radius 1 is 1.36 bits per heavy atom. The second-order valence-electron chi connectivity index (χ2n) is 4.88. The first kappa shape index (κ1) is 11.5. The Bertz CT molecular complexity index is 183. The quantitative estimate of drug-likeness (QED) is 0.740. The second-order valence-corrected chi connectivity index (χ2v) is 4.88. The number of carbonyl (C=O) groups is 1. The van der Waals surface area contributed by atoms with Gasteiger partial charge in [-0.25, -0.2) is 0 Å². The third-order valence-corrected chi connectivity index (χ3v) is 3.52. The zero-order valence-electron chi connectivity index (χ0n) is 9.68. The van der Waals surface area contributed by atoms with E-state index in [0.29, 0.717) is 0 Å². The minimum Gasteiger partial charge on any atom is -0.359 e. The highest BCUT2D eigenvalue weighted by atomic mass is 16.1. The van der Waals surface area contributed by atoms with Crippen molar-refractivity contribution in [2.24, 2.45) is 17.8 Å². The van der Waals surface area contributed by atoms with Gasteiger partial charge in [-0.1, -0.05) is 39.5 Å². The standard InChI is InChI=1S/C12H23NO/c1-9-4-6-11(7-5-9)8-10(2)12(14)13-3/h9-11H,4-8H2,1-3H3,(H,13,14)/t9?,10-,11?/m0/s1. The Balaban J connectivity index is 2.27. The van der Waals surface area contributed by atoms with E-state index in [-0.39, 0.29) is 11.8 Å². The zero-order valence-corrected chi connectivity index (χ0v) is 9.68. The molecule has 1 aliphatic rings. The SMILES string of the molecule is CNC(=O)[C@@H](C)CC1CCC(C)CC1. The fourth-order valence-corrected chi connectivity index (χ4v) is 2.42. The highest BCUT2D eigenvalue weighted by Crippen LogP contribution is 2.32. The highest BCUT2D eigenvalue weighted by Gasteiger charge is 2.22. The molecule has 14 heavy (non-hydrogen) atoms. The molecule has 0 aromatic carbocycles. The van der Waals surface area contributed by atoms with Crippen LogP contribution in [-0.4, -0.2) is 13.0 Å². The van der Waals surface area contributed by atoms with Gasteiger partial charge in [-0.3, -0.25) is 4.79 Å². The van der Waals surface area contributed by atoms with Gasteiger partial charge in [-0.05, 0) is 18.3 Å². The number of amides is 1. The van der Waals surface area contributed by atoms with Crippen molar-refractivity contribution < 1.29 is 4.79 Å². The van der Waals surface area contributed by atoms with Crippen LogP contribution in [0.4, 0.5) is 0 Å². The monoisotopic (exact) mass is 197 g/mol. The van der Waals surface area contributed by atoms with E-state index in [1.54, 1.807) is 7.05 Å². The van der Waals surface area contributed by atoms with Crippen LogP contribution in [0.2, 0.25) is 0 Å². The van der Waals surface area contributed by atoms with Crippen molar-refractivity contribution in [3.63, 3.8) is 0 Å². The molecule has 0 saturated heterocycles. The van der Waals surface area contributed by atoms with Gasteiger partial charge in [0.05, 0.1) is 0 Å².